The fraction of sp³-hybridized carbons (Fsp3) is 0.350. The summed E-state index contributed by atoms with van der Waals surface area (Å²) in [5.74, 6) is 0.0453. The van der Waals surface area contributed by atoms with Crippen LogP contribution in [0.5, 0.6) is 11.5 Å². The maximum Gasteiger partial charge on any atom is 0.258 e. The van der Waals surface area contributed by atoms with Gasteiger partial charge in [0.25, 0.3) is 5.91 Å². The number of hydrogen-bond acceptors (Lipinski definition) is 4. The molecule has 26 heavy (non-hydrogen) atoms. The second kappa shape index (κ2) is 10.0. The Hall–Kier alpha value is -2.24. The molecular weight excluding hydrogens is 352 g/mol. The zero-order chi connectivity index (χ0) is 18.9. The Morgan fingerprint density at radius 3 is 2.46 bits per heavy atom. The van der Waals surface area contributed by atoms with Gasteiger partial charge in [0.1, 0.15) is 0 Å². The Labute approximate surface area is 159 Å². The van der Waals surface area contributed by atoms with Gasteiger partial charge in [-0.3, -0.25) is 9.69 Å². The summed E-state index contributed by atoms with van der Waals surface area (Å²) in [5.41, 5.74) is 0.986. The maximum atomic E-state index is 12.2. The van der Waals surface area contributed by atoms with Crippen molar-refractivity contribution in [2.75, 3.05) is 26.2 Å². The van der Waals surface area contributed by atoms with Gasteiger partial charge in [-0.05, 0) is 36.9 Å². The molecule has 2 rings (SSSR count). The number of ether oxygens (including phenoxy) is 1. The van der Waals surface area contributed by atoms with Gasteiger partial charge in [0.05, 0.1) is 6.04 Å². The molecule has 0 fully saturated rings. The van der Waals surface area contributed by atoms with Gasteiger partial charge in [-0.25, -0.2) is 0 Å². The molecule has 0 spiro atoms. The molecule has 0 aliphatic heterocycles. The highest BCUT2D eigenvalue weighted by atomic mass is 35.5. The van der Waals surface area contributed by atoms with Crippen LogP contribution in [0.1, 0.15) is 25.5 Å². The van der Waals surface area contributed by atoms with Crippen LogP contribution in [-0.2, 0) is 4.79 Å². The number of halogens is 1. The average Bonchev–Trinajstić information content (AvgIpc) is 2.65. The first-order valence-electron chi connectivity index (χ1n) is 8.72. The summed E-state index contributed by atoms with van der Waals surface area (Å²) < 4.78 is 5.37. The van der Waals surface area contributed by atoms with Gasteiger partial charge in [0, 0.05) is 11.6 Å². The van der Waals surface area contributed by atoms with Crippen LogP contribution >= 0.6 is 11.6 Å². The summed E-state index contributed by atoms with van der Waals surface area (Å²) in [6.45, 7) is 6.11. The molecule has 6 heteroatoms. The summed E-state index contributed by atoms with van der Waals surface area (Å²) in [7, 11) is 0. The van der Waals surface area contributed by atoms with Crippen LogP contribution in [0.4, 0.5) is 0 Å². The lowest BCUT2D eigenvalue weighted by molar-refractivity contribution is -0.123. The normalized spacial score (nSPS) is 12.0. The van der Waals surface area contributed by atoms with E-state index in [2.05, 4.69) is 24.1 Å². The third-order valence-electron chi connectivity index (χ3n) is 4.23. The van der Waals surface area contributed by atoms with Gasteiger partial charge < -0.3 is 15.2 Å². The van der Waals surface area contributed by atoms with Crippen molar-refractivity contribution in [2.24, 2.45) is 0 Å². The Morgan fingerprint density at radius 2 is 1.81 bits per heavy atom. The number of rotatable bonds is 9. The molecule has 1 atom stereocenters. The van der Waals surface area contributed by atoms with Gasteiger partial charge in [0.2, 0.25) is 0 Å². The number of nitrogens with zero attached hydrogens (tertiary/aromatic N) is 1. The van der Waals surface area contributed by atoms with Crippen molar-refractivity contribution in [2.45, 2.75) is 19.9 Å². The molecule has 0 radical (unpaired) electrons. The number of phenols is 1. The van der Waals surface area contributed by atoms with Crippen molar-refractivity contribution in [1.29, 1.82) is 0 Å². The molecule has 0 heterocycles. The van der Waals surface area contributed by atoms with Crippen LogP contribution in [0, 0.1) is 0 Å². The quantitative estimate of drug-likeness (QED) is 0.701. The van der Waals surface area contributed by atoms with E-state index in [1.54, 1.807) is 18.2 Å². The molecule has 0 aromatic heterocycles. The summed E-state index contributed by atoms with van der Waals surface area (Å²) in [4.78, 5) is 14.4. The summed E-state index contributed by atoms with van der Waals surface area (Å²) in [6, 6.07) is 14.2. The molecule has 1 unspecified atom stereocenters. The zero-order valence-corrected chi connectivity index (χ0v) is 15.9. The van der Waals surface area contributed by atoms with Crippen LogP contribution in [0.2, 0.25) is 5.02 Å². The minimum Gasteiger partial charge on any atom is -0.504 e. The van der Waals surface area contributed by atoms with Gasteiger partial charge in [-0.1, -0.05) is 55.8 Å². The standard InChI is InChI=1S/C20H25ClN2O3/c1-3-23(4-2)17(15-9-5-6-10-16(15)21)13-22-20(25)14-26-19-12-8-7-11-18(19)24/h5-12,17,24H,3-4,13-14H2,1-2H3,(H,22,25). The number of carbonyl (C=O) groups excluding carboxylic acids is 1. The molecule has 5 nitrogen and oxygen atoms in total. The number of carbonyl (C=O) groups is 1. The van der Waals surface area contributed by atoms with Crippen LogP contribution < -0.4 is 10.1 Å². The summed E-state index contributed by atoms with van der Waals surface area (Å²) in [6.07, 6.45) is 0. The van der Waals surface area contributed by atoms with Crippen molar-refractivity contribution in [3.63, 3.8) is 0 Å². The van der Waals surface area contributed by atoms with E-state index in [1.165, 1.54) is 6.07 Å². The van der Waals surface area contributed by atoms with Crippen LogP contribution in [0.3, 0.4) is 0 Å². The minimum absolute atomic E-state index is 0.0115. The molecule has 2 aromatic rings. The van der Waals surface area contributed by atoms with Crippen LogP contribution in [0.25, 0.3) is 0 Å². The number of amides is 1. The number of hydrogen-bond donors (Lipinski definition) is 2. The predicted octanol–water partition coefficient (Wildman–Crippen LogP) is 3.62. The monoisotopic (exact) mass is 376 g/mol. The minimum atomic E-state index is -0.252. The first-order valence-corrected chi connectivity index (χ1v) is 9.10. The Morgan fingerprint density at radius 1 is 1.15 bits per heavy atom. The highest BCUT2D eigenvalue weighted by Gasteiger charge is 2.21. The fourth-order valence-corrected chi connectivity index (χ4v) is 3.09. The van der Waals surface area contributed by atoms with E-state index in [0.717, 1.165) is 18.7 Å². The Bertz CT molecular complexity index is 720. The van der Waals surface area contributed by atoms with Crippen LogP contribution in [-0.4, -0.2) is 42.2 Å². The van der Waals surface area contributed by atoms with Crippen molar-refractivity contribution in [3.05, 3.63) is 59.1 Å². The fourth-order valence-electron chi connectivity index (χ4n) is 2.83. The first-order chi connectivity index (χ1) is 12.6. The van der Waals surface area contributed by atoms with Crippen molar-refractivity contribution >= 4 is 17.5 Å². The number of nitrogens with one attached hydrogen (secondary N) is 1. The highest BCUT2D eigenvalue weighted by molar-refractivity contribution is 6.31. The van der Waals surface area contributed by atoms with Crippen molar-refractivity contribution in [1.82, 2.24) is 10.2 Å². The molecular formula is C20H25ClN2O3. The molecule has 0 aliphatic rings. The van der Waals surface area contributed by atoms with Gasteiger partial charge in [-0.15, -0.1) is 0 Å². The molecule has 1 amide bonds. The van der Waals surface area contributed by atoms with E-state index in [-0.39, 0.29) is 30.1 Å². The van der Waals surface area contributed by atoms with E-state index in [0.29, 0.717) is 11.6 Å². The molecule has 2 aromatic carbocycles. The van der Waals surface area contributed by atoms with Gasteiger partial charge in [0.15, 0.2) is 18.1 Å². The first kappa shape index (κ1) is 20.1. The molecule has 0 bridgehead atoms. The Kier molecular flexibility index (Phi) is 7.75. The third kappa shape index (κ3) is 5.38. The number of likely N-dealkylation sites (N-methyl/N-ethyl adjacent to an activating group) is 1. The van der Waals surface area contributed by atoms with E-state index in [9.17, 15) is 9.90 Å². The van der Waals surface area contributed by atoms with E-state index >= 15 is 0 Å². The molecule has 140 valence electrons. The second-order valence-corrected chi connectivity index (χ2v) is 6.23. The van der Waals surface area contributed by atoms with E-state index < -0.39 is 0 Å². The highest BCUT2D eigenvalue weighted by Crippen LogP contribution is 2.27. The molecule has 2 N–H and O–H groups in total. The number of benzene rings is 2. The summed E-state index contributed by atoms with van der Waals surface area (Å²) >= 11 is 6.36. The van der Waals surface area contributed by atoms with E-state index in [4.69, 9.17) is 16.3 Å². The predicted molar refractivity (Wildman–Crippen MR) is 104 cm³/mol. The van der Waals surface area contributed by atoms with Crippen LogP contribution in [0.15, 0.2) is 48.5 Å². The third-order valence-corrected chi connectivity index (χ3v) is 4.58. The second-order valence-electron chi connectivity index (χ2n) is 5.82. The molecule has 0 saturated carbocycles. The SMILES string of the molecule is CCN(CC)C(CNC(=O)COc1ccccc1O)c1ccccc1Cl. The van der Waals surface area contributed by atoms with Crippen molar-refractivity contribution < 1.29 is 14.6 Å². The lowest BCUT2D eigenvalue weighted by Crippen LogP contribution is -2.39. The number of phenolic OH excluding ortho intramolecular Hbond substituents is 1. The van der Waals surface area contributed by atoms with Gasteiger partial charge in [-0.2, -0.15) is 0 Å². The molecule has 0 saturated heterocycles. The lowest BCUT2D eigenvalue weighted by atomic mass is 10.0. The lowest BCUT2D eigenvalue weighted by Gasteiger charge is -2.30. The largest absolute Gasteiger partial charge is 0.504 e. The smallest absolute Gasteiger partial charge is 0.258 e. The molecule has 0 aliphatic carbocycles. The van der Waals surface area contributed by atoms with Crippen molar-refractivity contribution in [3.8, 4) is 11.5 Å². The van der Waals surface area contributed by atoms with Gasteiger partial charge >= 0.3 is 0 Å². The number of aromatic hydroxyl groups is 1. The van der Waals surface area contributed by atoms with E-state index in [1.807, 2.05) is 24.3 Å². The topological polar surface area (TPSA) is 61.8 Å². The maximum absolute atomic E-state index is 12.2. The average molecular weight is 377 g/mol. The number of para-hydroxylation sites is 2. The Balaban J connectivity index is 1.99. The summed E-state index contributed by atoms with van der Waals surface area (Å²) in [5, 5.41) is 13.3. The zero-order valence-electron chi connectivity index (χ0n) is 15.1.